The summed E-state index contributed by atoms with van der Waals surface area (Å²) in [7, 11) is 3.25. The van der Waals surface area contributed by atoms with Crippen LogP contribution < -0.4 is 0 Å². The molecule has 0 aromatic carbocycles. The predicted octanol–water partition coefficient (Wildman–Crippen LogP) is 6.07. The monoisotopic (exact) mass is 340 g/mol. The second-order valence-electron chi connectivity index (χ2n) is 6.73. The van der Waals surface area contributed by atoms with E-state index in [4.69, 9.17) is 4.74 Å². The van der Waals surface area contributed by atoms with E-state index in [1.165, 1.54) is 71.3 Å². The van der Waals surface area contributed by atoms with Gasteiger partial charge in [-0.3, -0.25) is 4.79 Å². The number of esters is 1. The molecule has 0 heterocycles. The molecule has 142 valence electrons. The first-order chi connectivity index (χ1) is 11.7. The molecule has 0 N–H and O–H groups in total. The fourth-order valence-corrected chi connectivity index (χ4v) is 2.91. The number of hydrogen-bond acceptors (Lipinski definition) is 3. The number of rotatable bonds is 17. The minimum atomic E-state index is -0.0880. The Morgan fingerprint density at radius 3 is 2.29 bits per heavy atom. The average molecular weight is 341 g/mol. The van der Waals surface area contributed by atoms with Gasteiger partial charge in [-0.1, -0.05) is 70.4 Å². The molecule has 0 aliphatic heterocycles. The molecular formula is C21H40O3. The Morgan fingerprint density at radius 2 is 1.58 bits per heavy atom. The Labute approximate surface area is 150 Å². The third-order valence-corrected chi connectivity index (χ3v) is 4.45. The maximum atomic E-state index is 11.0. The summed E-state index contributed by atoms with van der Waals surface area (Å²) in [6.45, 7) is 3.09. The van der Waals surface area contributed by atoms with Crippen LogP contribution in [0.2, 0.25) is 0 Å². The lowest BCUT2D eigenvalue weighted by atomic mass is 9.99. The van der Waals surface area contributed by atoms with Crippen LogP contribution in [0.4, 0.5) is 0 Å². The molecule has 0 fully saturated rings. The van der Waals surface area contributed by atoms with Crippen LogP contribution in [0, 0.1) is 5.92 Å². The standard InChI is InChI=1S/C21H40O3/c1-4-5-6-7-8-10-13-16-20(19-23-2)17-14-11-9-12-15-18-21(22)24-3/h13,16,20H,4-12,14-15,17-19H2,1-3H3/b16-13+/t20-/m1/s1. The first-order valence-electron chi connectivity index (χ1n) is 9.97. The first kappa shape index (κ1) is 23.2. The van der Waals surface area contributed by atoms with Crippen molar-refractivity contribution in [3.8, 4) is 0 Å². The number of methoxy groups -OCH3 is 2. The summed E-state index contributed by atoms with van der Waals surface area (Å²) in [6, 6.07) is 0. The van der Waals surface area contributed by atoms with Crippen molar-refractivity contribution in [2.24, 2.45) is 5.92 Å². The first-order valence-corrected chi connectivity index (χ1v) is 9.97. The van der Waals surface area contributed by atoms with Crippen LogP contribution >= 0.6 is 0 Å². The SMILES string of the molecule is CCCCCCC/C=C/[C@H](CCCCCCCC(=O)OC)COC. The van der Waals surface area contributed by atoms with Crippen LogP contribution in [0.1, 0.15) is 90.4 Å². The molecular weight excluding hydrogens is 300 g/mol. The van der Waals surface area contributed by atoms with Crippen LogP contribution in [-0.4, -0.2) is 26.8 Å². The summed E-state index contributed by atoms with van der Waals surface area (Å²) in [5.41, 5.74) is 0. The number of carbonyl (C=O) groups excluding carboxylic acids is 1. The van der Waals surface area contributed by atoms with Crippen molar-refractivity contribution in [1.82, 2.24) is 0 Å². The Morgan fingerprint density at radius 1 is 0.917 bits per heavy atom. The Bertz CT molecular complexity index is 299. The van der Waals surface area contributed by atoms with Crippen molar-refractivity contribution >= 4 is 5.97 Å². The topological polar surface area (TPSA) is 35.5 Å². The second kappa shape index (κ2) is 18.5. The highest BCUT2D eigenvalue weighted by atomic mass is 16.5. The molecule has 0 aliphatic rings. The van der Waals surface area contributed by atoms with Gasteiger partial charge in [0, 0.05) is 19.4 Å². The summed E-state index contributed by atoms with van der Waals surface area (Å²) >= 11 is 0. The number of unbranched alkanes of at least 4 members (excludes halogenated alkanes) is 9. The molecule has 0 aliphatic carbocycles. The zero-order valence-electron chi connectivity index (χ0n) is 16.4. The van der Waals surface area contributed by atoms with E-state index >= 15 is 0 Å². The van der Waals surface area contributed by atoms with Gasteiger partial charge in [-0.15, -0.1) is 0 Å². The zero-order chi connectivity index (χ0) is 17.9. The van der Waals surface area contributed by atoms with E-state index in [0.29, 0.717) is 12.3 Å². The summed E-state index contributed by atoms with van der Waals surface area (Å²) in [5, 5.41) is 0. The number of allylic oxidation sites excluding steroid dienone is 1. The van der Waals surface area contributed by atoms with E-state index in [1.807, 2.05) is 0 Å². The van der Waals surface area contributed by atoms with Gasteiger partial charge in [0.05, 0.1) is 13.7 Å². The minimum Gasteiger partial charge on any atom is -0.469 e. The van der Waals surface area contributed by atoms with Crippen molar-refractivity contribution in [1.29, 1.82) is 0 Å². The molecule has 24 heavy (non-hydrogen) atoms. The van der Waals surface area contributed by atoms with E-state index in [-0.39, 0.29) is 5.97 Å². The Kier molecular flexibility index (Phi) is 17.9. The molecule has 0 unspecified atom stereocenters. The molecule has 0 amide bonds. The number of carbonyl (C=O) groups is 1. The highest BCUT2D eigenvalue weighted by Gasteiger charge is 2.04. The lowest BCUT2D eigenvalue weighted by Crippen LogP contribution is -2.05. The Hall–Kier alpha value is -0.830. The van der Waals surface area contributed by atoms with E-state index in [0.717, 1.165) is 19.4 Å². The molecule has 0 saturated heterocycles. The van der Waals surface area contributed by atoms with Crippen molar-refractivity contribution in [2.75, 3.05) is 20.8 Å². The molecule has 0 aromatic rings. The maximum Gasteiger partial charge on any atom is 0.305 e. The molecule has 1 atom stereocenters. The highest BCUT2D eigenvalue weighted by molar-refractivity contribution is 5.68. The van der Waals surface area contributed by atoms with E-state index in [2.05, 4.69) is 23.8 Å². The number of hydrogen-bond donors (Lipinski definition) is 0. The van der Waals surface area contributed by atoms with Gasteiger partial charge in [-0.25, -0.2) is 0 Å². The minimum absolute atomic E-state index is 0.0880. The van der Waals surface area contributed by atoms with Gasteiger partial charge in [0.15, 0.2) is 0 Å². The van der Waals surface area contributed by atoms with E-state index < -0.39 is 0 Å². The van der Waals surface area contributed by atoms with E-state index in [1.54, 1.807) is 7.11 Å². The van der Waals surface area contributed by atoms with Gasteiger partial charge in [0.25, 0.3) is 0 Å². The number of ether oxygens (including phenoxy) is 2. The zero-order valence-corrected chi connectivity index (χ0v) is 16.4. The molecule has 0 radical (unpaired) electrons. The fraction of sp³-hybridized carbons (Fsp3) is 0.857. The molecule has 0 rings (SSSR count). The maximum absolute atomic E-state index is 11.0. The molecule has 3 nitrogen and oxygen atoms in total. The van der Waals surface area contributed by atoms with E-state index in [9.17, 15) is 4.79 Å². The third-order valence-electron chi connectivity index (χ3n) is 4.45. The fourth-order valence-electron chi connectivity index (χ4n) is 2.91. The van der Waals surface area contributed by atoms with Gasteiger partial charge >= 0.3 is 5.97 Å². The van der Waals surface area contributed by atoms with Crippen molar-refractivity contribution < 1.29 is 14.3 Å². The average Bonchev–Trinajstić information content (AvgIpc) is 2.59. The van der Waals surface area contributed by atoms with Crippen molar-refractivity contribution in [3.63, 3.8) is 0 Å². The van der Waals surface area contributed by atoms with Gasteiger partial charge < -0.3 is 9.47 Å². The molecule has 0 spiro atoms. The van der Waals surface area contributed by atoms with Gasteiger partial charge in [0.1, 0.15) is 0 Å². The lowest BCUT2D eigenvalue weighted by molar-refractivity contribution is -0.140. The summed E-state index contributed by atoms with van der Waals surface area (Å²) in [5.74, 6) is 0.468. The van der Waals surface area contributed by atoms with Gasteiger partial charge in [-0.2, -0.15) is 0 Å². The molecule has 0 aromatic heterocycles. The van der Waals surface area contributed by atoms with Gasteiger partial charge in [-0.05, 0) is 25.7 Å². The third kappa shape index (κ3) is 16.0. The summed E-state index contributed by atoms with van der Waals surface area (Å²) in [6.07, 6.45) is 20.2. The Balaban J connectivity index is 3.63. The largest absolute Gasteiger partial charge is 0.469 e. The van der Waals surface area contributed by atoms with Gasteiger partial charge in [0.2, 0.25) is 0 Å². The summed E-state index contributed by atoms with van der Waals surface area (Å²) in [4.78, 5) is 11.0. The predicted molar refractivity (Wildman–Crippen MR) is 102 cm³/mol. The highest BCUT2D eigenvalue weighted by Crippen LogP contribution is 2.15. The van der Waals surface area contributed by atoms with Crippen LogP contribution in [0.15, 0.2) is 12.2 Å². The van der Waals surface area contributed by atoms with Crippen LogP contribution in [0.5, 0.6) is 0 Å². The van der Waals surface area contributed by atoms with Crippen molar-refractivity contribution in [3.05, 3.63) is 12.2 Å². The lowest BCUT2D eigenvalue weighted by Gasteiger charge is -2.11. The normalized spacial score (nSPS) is 12.6. The van der Waals surface area contributed by atoms with Crippen LogP contribution in [0.3, 0.4) is 0 Å². The smallest absolute Gasteiger partial charge is 0.305 e. The molecule has 0 saturated carbocycles. The second-order valence-corrected chi connectivity index (χ2v) is 6.73. The van der Waals surface area contributed by atoms with Crippen LogP contribution in [0.25, 0.3) is 0 Å². The quantitative estimate of drug-likeness (QED) is 0.183. The summed E-state index contributed by atoms with van der Waals surface area (Å²) < 4.78 is 10.00. The van der Waals surface area contributed by atoms with Crippen molar-refractivity contribution in [2.45, 2.75) is 90.4 Å². The molecule has 0 bridgehead atoms. The molecule has 3 heteroatoms. The van der Waals surface area contributed by atoms with Crippen LogP contribution in [-0.2, 0) is 14.3 Å².